The molecule has 2 atom stereocenters. The SMILES string of the molecule is NC1C=CC(C(=O)N(CCCO)C2CCC2)C1. The fourth-order valence-corrected chi connectivity index (χ4v) is 2.54. The van der Waals surface area contributed by atoms with Crippen LogP contribution < -0.4 is 5.73 Å². The maximum absolute atomic E-state index is 12.4. The second kappa shape index (κ2) is 5.65. The Hall–Kier alpha value is -0.870. The number of amides is 1. The van der Waals surface area contributed by atoms with Crippen molar-refractivity contribution in [1.82, 2.24) is 4.90 Å². The van der Waals surface area contributed by atoms with Crippen LogP contribution in [-0.2, 0) is 4.79 Å². The van der Waals surface area contributed by atoms with Gasteiger partial charge in [-0.15, -0.1) is 0 Å². The lowest BCUT2D eigenvalue weighted by Crippen LogP contribution is -2.47. The maximum Gasteiger partial charge on any atom is 0.229 e. The van der Waals surface area contributed by atoms with Crippen molar-refractivity contribution in [2.24, 2.45) is 11.7 Å². The van der Waals surface area contributed by atoms with Crippen molar-refractivity contribution in [2.45, 2.75) is 44.2 Å². The van der Waals surface area contributed by atoms with Crippen molar-refractivity contribution in [3.8, 4) is 0 Å². The van der Waals surface area contributed by atoms with E-state index in [2.05, 4.69) is 0 Å². The molecule has 4 heteroatoms. The van der Waals surface area contributed by atoms with Crippen LogP contribution in [0, 0.1) is 5.92 Å². The summed E-state index contributed by atoms with van der Waals surface area (Å²) in [5, 5.41) is 8.90. The first kappa shape index (κ1) is 12.6. The Morgan fingerprint density at radius 3 is 2.65 bits per heavy atom. The first-order valence-corrected chi connectivity index (χ1v) is 6.57. The lowest BCUT2D eigenvalue weighted by Gasteiger charge is -2.38. The van der Waals surface area contributed by atoms with Gasteiger partial charge in [0.2, 0.25) is 5.91 Å². The van der Waals surface area contributed by atoms with E-state index in [1.165, 1.54) is 6.42 Å². The van der Waals surface area contributed by atoms with Crippen molar-refractivity contribution < 1.29 is 9.90 Å². The molecule has 0 saturated heterocycles. The third-order valence-electron chi connectivity index (χ3n) is 3.79. The van der Waals surface area contributed by atoms with Crippen LogP contribution in [-0.4, -0.2) is 41.1 Å². The lowest BCUT2D eigenvalue weighted by atomic mass is 9.90. The number of nitrogens with two attached hydrogens (primary N) is 1. The summed E-state index contributed by atoms with van der Waals surface area (Å²) in [6.07, 6.45) is 8.71. The van der Waals surface area contributed by atoms with Gasteiger partial charge in [-0.3, -0.25) is 4.79 Å². The second-order valence-corrected chi connectivity index (χ2v) is 5.08. The summed E-state index contributed by atoms with van der Waals surface area (Å²) >= 11 is 0. The van der Waals surface area contributed by atoms with Gasteiger partial charge in [-0.25, -0.2) is 0 Å². The van der Waals surface area contributed by atoms with E-state index in [1.807, 2.05) is 17.1 Å². The summed E-state index contributed by atoms with van der Waals surface area (Å²) in [6, 6.07) is 0.435. The third kappa shape index (κ3) is 2.87. The Bertz CT molecular complexity index is 300. The number of carbonyl (C=O) groups excluding carboxylic acids is 1. The molecule has 2 rings (SSSR count). The highest BCUT2D eigenvalue weighted by Crippen LogP contribution is 2.28. The Labute approximate surface area is 102 Å². The highest BCUT2D eigenvalue weighted by Gasteiger charge is 2.33. The molecule has 2 unspecified atom stereocenters. The number of rotatable bonds is 5. The zero-order valence-corrected chi connectivity index (χ0v) is 10.2. The monoisotopic (exact) mass is 238 g/mol. The average Bonchev–Trinajstić information content (AvgIpc) is 2.67. The summed E-state index contributed by atoms with van der Waals surface area (Å²) in [7, 11) is 0. The number of aliphatic hydroxyl groups excluding tert-OH is 1. The minimum atomic E-state index is -0.0377. The average molecular weight is 238 g/mol. The van der Waals surface area contributed by atoms with Crippen LogP contribution in [0.1, 0.15) is 32.1 Å². The number of aliphatic hydroxyl groups is 1. The standard InChI is InChI=1S/C13H22N2O2/c14-11-6-5-10(9-11)13(17)15(7-2-8-16)12-3-1-4-12/h5-6,10-12,16H,1-4,7-9,14H2. The largest absolute Gasteiger partial charge is 0.396 e. The van der Waals surface area contributed by atoms with Gasteiger partial charge in [0.15, 0.2) is 0 Å². The molecule has 1 fully saturated rings. The predicted octanol–water partition coefficient (Wildman–Crippen LogP) is 0.653. The third-order valence-corrected chi connectivity index (χ3v) is 3.79. The first-order valence-electron chi connectivity index (χ1n) is 6.57. The minimum absolute atomic E-state index is 0.0324. The fourth-order valence-electron chi connectivity index (χ4n) is 2.54. The first-order chi connectivity index (χ1) is 8.22. The van der Waals surface area contributed by atoms with E-state index >= 15 is 0 Å². The molecule has 1 saturated carbocycles. The van der Waals surface area contributed by atoms with Crippen LogP contribution in [0.15, 0.2) is 12.2 Å². The van der Waals surface area contributed by atoms with E-state index in [0.29, 0.717) is 19.0 Å². The lowest BCUT2D eigenvalue weighted by molar-refractivity contribution is -0.138. The van der Waals surface area contributed by atoms with E-state index < -0.39 is 0 Å². The van der Waals surface area contributed by atoms with Gasteiger partial charge in [0.1, 0.15) is 0 Å². The molecule has 0 heterocycles. The Balaban J connectivity index is 1.94. The van der Waals surface area contributed by atoms with Crippen molar-refractivity contribution in [2.75, 3.05) is 13.2 Å². The predicted molar refractivity (Wildman–Crippen MR) is 66.3 cm³/mol. The van der Waals surface area contributed by atoms with Gasteiger partial charge in [-0.2, -0.15) is 0 Å². The van der Waals surface area contributed by atoms with Crippen LogP contribution in [0.5, 0.6) is 0 Å². The summed E-state index contributed by atoms with van der Waals surface area (Å²) in [5.74, 6) is 0.164. The molecule has 2 aliphatic rings. The molecular formula is C13H22N2O2. The van der Waals surface area contributed by atoms with Crippen LogP contribution in [0.2, 0.25) is 0 Å². The van der Waals surface area contributed by atoms with E-state index in [0.717, 1.165) is 19.3 Å². The second-order valence-electron chi connectivity index (χ2n) is 5.08. The Morgan fingerprint density at radius 1 is 1.41 bits per heavy atom. The highest BCUT2D eigenvalue weighted by molar-refractivity contribution is 5.81. The van der Waals surface area contributed by atoms with Gasteiger partial charge in [0.05, 0.1) is 5.92 Å². The van der Waals surface area contributed by atoms with Crippen molar-refractivity contribution in [3.05, 3.63) is 12.2 Å². The Morgan fingerprint density at radius 2 is 2.18 bits per heavy atom. The van der Waals surface area contributed by atoms with Crippen molar-refractivity contribution in [1.29, 1.82) is 0 Å². The number of hydrogen-bond donors (Lipinski definition) is 2. The van der Waals surface area contributed by atoms with Gasteiger partial charge in [0, 0.05) is 25.2 Å². The highest BCUT2D eigenvalue weighted by atomic mass is 16.3. The summed E-state index contributed by atoms with van der Waals surface area (Å²) < 4.78 is 0. The Kier molecular flexibility index (Phi) is 4.18. The van der Waals surface area contributed by atoms with Gasteiger partial charge in [-0.05, 0) is 32.1 Å². The molecule has 17 heavy (non-hydrogen) atoms. The molecule has 96 valence electrons. The van der Waals surface area contributed by atoms with Gasteiger partial charge < -0.3 is 15.7 Å². The van der Waals surface area contributed by atoms with Crippen LogP contribution in [0.3, 0.4) is 0 Å². The fraction of sp³-hybridized carbons (Fsp3) is 0.769. The molecule has 0 radical (unpaired) electrons. The molecule has 0 aromatic rings. The smallest absolute Gasteiger partial charge is 0.229 e. The minimum Gasteiger partial charge on any atom is -0.396 e. The quantitative estimate of drug-likeness (QED) is 0.691. The summed E-state index contributed by atoms with van der Waals surface area (Å²) in [5.41, 5.74) is 5.79. The van der Waals surface area contributed by atoms with Gasteiger partial charge in [0.25, 0.3) is 0 Å². The van der Waals surface area contributed by atoms with Crippen LogP contribution in [0.4, 0.5) is 0 Å². The van der Waals surface area contributed by atoms with Gasteiger partial charge in [-0.1, -0.05) is 12.2 Å². The normalized spacial score (nSPS) is 28.1. The molecule has 0 bridgehead atoms. The topological polar surface area (TPSA) is 66.6 Å². The van der Waals surface area contributed by atoms with Crippen LogP contribution in [0.25, 0.3) is 0 Å². The van der Waals surface area contributed by atoms with E-state index in [1.54, 1.807) is 0 Å². The number of hydrogen-bond acceptors (Lipinski definition) is 3. The van der Waals surface area contributed by atoms with Gasteiger partial charge >= 0.3 is 0 Å². The molecule has 0 aromatic carbocycles. The van der Waals surface area contributed by atoms with E-state index in [4.69, 9.17) is 10.8 Å². The van der Waals surface area contributed by atoms with E-state index in [-0.39, 0.29) is 24.5 Å². The molecule has 0 aromatic heterocycles. The molecular weight excluding hydrogens is 216 g/mol. The molecule has 0 aliphatic heterocycles. The summed E-state index contributed by atoms with van der Waals surface area (Å²) in [4.78, 5) is 14.3. The molecule has 4 nitrogen and oxygen atoms in total. The molecule has 3 N–H and O–H groups in total. The van der Waals surface area contributed by atoms with Crippen molar-refractivity contribution >= 4 is 5.91 Å². The molecule has 0 spiro atoms. The zero-order valence-electron chi connectivity index (χ0n) is 10.2. The zero-order chi connectivity index (χ0) is 12.3. The van der Waals surface area contributed by atoms with E-state index in [9.17, 15) is 4.79 Å². The molecule has 1 amide bonds. The number of nitrogens with zero attached hydrogens (tertiary/aromatic N) is 1. The van der Waals surface area contributed by atoms with Crippen molar-refractivity contribution in [3.63, 3.8) is 0 Å². The van der Waals surface area contributed by atoms with Crippen LogP contribution >= 0.6 is 0 Å². The number of carbonyl (C=O) groups is 1. The maximum atomic E-state index is 12.4. The molecule has 2 aliphatic carbocycles. The summed E-state index contributed by atoms with van der Waals surface area (Å²) in [6.45, 7) is 0.829.